The van der Waals surface area contributed by atoms with Crippen LogP contribution in [0.5, 0.6) is 11.8 Å². The molecule has 0 spiro atoms. The summed E-state index contributed by atoms with van der Waals surface area (Å²) < 4.78 is 69.6. The van der Waals surface area contributed by atoms with Crippen LogP contribution in [0.25, 0.3) is 32.8 Å². The van der Waals surface area contributed by atoms with Gasteiger partial charge in [0.2, 0.25) is 0 Å². The Bertz CT molecular complexity index is 1950. The molecule has 4 fully saturated rings. The van der Waals surface area contributed by atoms with Crippen LogP contribution in [0.3, 0.4) is 0 Å². The third kappa shape index (κ3) is 4.56. The van der Waals surface area contributed by atoms with E-state index >= 15 is 13.2 Å². The summed E-state index contributed by atoms with van der Waals surface area (Å²) in [6, 6.07) is 8.82. The summed E-state index contributed by atoms with van der Waals surface area (Å²) in [5, 5.41) is 14.6. The first-order valence-electron chi connectivity index (χ1n) is 15.7. The fourth-order valence-corrected chi connectivity index (χ4v) is 8.40. The molecule has 4 saturated heterocycles. The van der Waals surface area contributed by atoms with E-state index in [4.69, 9.17) is 11.2 Å². The van der Waals surface area contributed by atoms with Crippen molar-refractivity contribution in [1.29, 1.82) is 0 Å². The molecular weight excluding hydrogens is 598 g/mol. The van der Waals surface area contributed by atoms with Gasteiger partial charge >= 0.3 is 6.01 Å². The second-order valence-electron chi connectivity index (χ2n) is 13.7. The predicted octanol–water partition coefficient (Wildman–Crippen LogP) is 6.00. The van der Waals surface area contributed by atoms with Gasteiger partial charge in [-0.2, -0.15) is 9.97 Å². The summed E-state index contributed by atoms with van der Waals surface area (Å²) >= 11 is 0. The van der Waals surface area contributed by atoms with Crippen LogP contribution in [0.2, 0.25) is 0 Å². The van der Waals surface area contributed by atoms with Crippen molar-refractivity contribution >= 4 is 27.5 Å². The summed E-state index contributed by atoms with van der Waals surface area (Å²) in [6.45, 7) is 3.38. The molecule has 0 aliphatic carbocycles. The average Bonchev–Trinajstić information content (AvgIpc) is 3.61. The SMILES string of the molecule is C#Cc1cccc2cc(O)cc(-c3c(F)cc4c(N5C[C@@]6(C)CC[C@@](F)(C5)N6)nc(OC[C@@]56CCCN5C[C@H](F)C6)nc4c3F)c12. The Hall–Kier alpha value is -4.14. The van der Waals surface area contributed by atoms with Crippen LogP contribution in [-0.4, -0.2) is 75.8 Å². The van der Waals surface area contributed by atoms with Crippen LogP contribution in [0.15, 0.2) is 36.4 Å². The number of terminal acetylenes is 1. The smallest absolute Gasteiger partial charge is 0.319 e. The van der Waals surface area contributed by atoms with E-state index in [-0.39, 0.29) is 47.2 Å². The van der Waals surface area contributed by atoms with Gasteiger partial charge in [-0.25, -0.2) is 17.6 Å². The van der Waals surface area contributed by atoms with Crippen LogP contribution in [-0.2, 0) is 0 Å². The van der Waals surface area contributed by atoms with Crippen LogP contribution in [0, 0.1) is 24.0 Å². The van der Waals surface area contributed by atoms with E-state index in [0.717, 1.165) is 25.5 Å². The lowest BCUT2D eigenvalue weighted by Gasteiger charge is -2.42. The molecule has 0 amide bonds. The predicted molar refractivity (Wildman–Crippen MR) is 167 cm³/mol. The molecule has 8 rings (SSSR count). The van der Waals surface area contributed by atoms with Gasteiger partial charge in [0.05, 0.1) is 17.6 Å². The minimum atomic E-state index is -1.70. The van der Waals surface area contributed by atoms with E-state index in [1.165, 1.54) is 12.1 Å². The molecule has 4 aromatic rings. The second-order valence-corrected chi connectivity index (χ2v) is 13.7. The Morgan fingerprint density at radius 3 is 2.80 bits per heavy atom. The molecule has 0 unspecified atom stereocenters. The lowest BCUT2D eigenvalue weighted by Crippen LogP contribution is -2.63. The molecule has 2 N–H and O–H groups in total. The van der Waals surface area contributed by atoms with Gasteiger partial charge in [0.25, 0.3) is 0 Å². The van der Waals surface area contributed by atoms with Gasteiger partial charge in [-0.1, -0.05) is 18.1 Å². The number of benzene rings is 3. The number of alkyl halides is 2. The average molecular weight is 632 g/mol. The normalized spacial score (nSPS) is 29.0. The highest BCUT2D eigenvalue weighted by Gasteiger charge is 2.52. The molecule has 2 bridgehead atoms. The molecular formula is C35H33F4N5O2. The monoisotopic (exact) mass is 631 g/mol. The Balaban J connectivity index is 1.31. The maximum Gasteiger partial charge on any atom is 0.319 e. The number of fused-ring (bicyclic) bond motifs is 5. The molecule has 11 heteroatoms. The maximum atomic E-state index is 16.9. The minimum Gasteiger partial charge on any atom is -0.508 e. The maximum absolute atomic E-state index is 16.9. The molecule has 0 radical (unpaired) electrons. The summed E-state index contributed by atoms with van der Waals surface area (Å²) in [5.74, 6) is -1.07. The highest BCUT2D eigenvalue weighted by molar-refractivity contribution is 6.04. The first-order chi connectivity index (χ1) is 22.0. The molecule has 46 heavy (non-hydrogen) atoms. The van der Waals surface area contributed by atoms with Crippen LogP contribution >= 0.6 is 0 Å². The Labute approximate surface area is 263 Å². The van der Waals surface area contributed by atoms with Gasteiger partial charge in [0.1, 0.15) is 35.7 Å². The van der Waals surface area contributed by atoms with Crippen molar-refractivity contribution in [1.82, 2.24) is 20.2 Å². The van der Waals surface area contributed by atoms with E-state index in [9.17, 15) is 9.50 Å². The van der Waals surface area contributed by atoms with Crippen LogP contribution in [0.1, 0.15) is 44.6 Å². The van der Waals surface area contributed by atoms with E-state index in [2.05, 4.69) is 26.1 Å². The largest absolute Gasteiger partial charge is 0.508 e. The number of nitrogens with zero attached hydrogens (tertiary/aromatic N) is 4. The van der Waals surface area contributed by atoms with Gasteiger partial charge in [0.15, 0.2) is 11.6 Å². The fraction of sp³-hybridized carbons (Fsp3) is 0.429. The Morgan fingerprint density at radius 2 is 2.00 bits per heavy atom. The number of anilines is 1. The Kier molecular flexibility index (Phi) is 6.48. The number of aromatic hydroxyl groups is 1. The molecule has 3 aromatic carbocycles. The minimum absolute atomic E-state index is 0.0616. The number of ether oxygens (including phenoxy) is 1. The zero-order chi connectivity index (χ0) is 32.0. The van der Waals surface area contributed by atoms with E-state index in [1.807, 2.05) is 6.92 Å². The summed E-state index contributed by atoms with van der Waals surface area (Å²) in [7, 11) is 0. The molecule has 7 nitrogen and oxygen atoms in total. The lowest BCUT2D eigenvalue weighted by molar-refractivity contribution is 0.105. The summed E-state index contributed by atoms with van der Waals surface area (Å²) in [4.78, 5) is 12.9. The van der Waals surface area contributed by atoms with Gasteiger partial charge in [-0.15, -0.1) is 6.42 Å². The van der Waals surface area contributed by atoms with Crippen LogP contribution in [0.4, 0.5) is 23.4 Å². The quantitative estimate of drug-likeness (QED) is 0.159. The second kappa shape index (κ2) is 10.2. The zero-order valence-electron chi connectivity index (χ0n) is 25.3. The summed E-state index contributed by atoms with van der Waals surface area (Å²) in [6.07, 6.45) is 7.66. The molecule has 5 heterocycles. The van der Waals surface area contributed by atoms with E-state index in [0.29, 0.717) is 48.7 Å². The van der Waals surface area contributed by atoms with Gasteiger partial charge < -0.3 is 14.7 Å². The van der Waals surface area contributed by atoms with Crippen molar-refractivity contribution in [2.24, 2.45) is 0 Å². The number of aromatic nitrogens is 2. The number of phenols is 1. The van der Waals surface area contributed by atoms with Crippen molar-refractivity contribution in [3.63, 3.8) is 0 Å². The van der Waals surface area contributed by atoms with Gasteiger partial charge in [0, 0.05) is 46.9 Å². The third-order valence-corrected chi connectivity index (χ3v) is 10.3. The first-order valence-corrected chi connectivity index (χ1v) is 15.7. The number of hydrogen-bond acceptors (Lipinski definition) is 7. The van der Waals surface area contributed by atoms with E-state index in [1.54, 1.807) is 23.1 Å². The highest BCUT2D eigenvalue weighted by atomic mass is 19.2. The van der Waals surface area contributed by atoms with Gasteiger partial charge in [-0.3, -0.25) is 10.2 Å². The third-order valence-electron chi connectivity index (χ3n) is 10.3. The number of phenolic OH excluding ortho intramolecular Hbond substituents is 1. The zero-order valence-corrected chi connectivity index (χ0v) is 25.3. The molecule has 4 aliphatic heterocycles. The van der Waals surface area contributed by atoms with E-state index < -0.39 is 40.2 Å². The number of rotatable bonds is 5. The number of piperazine rings is 1. The summed E-state index contributed by atoms with van der Waals surface area (Å²) in [5.41, 5.74) is -1.25. The number of halogens is 4. The van der Waals surface area contributed by atoms with Crippen molar-refractivity contribution in [3.05, 3.63) is 53.6 Å². The fourth-order valence-electron chi connectivity index (χ4n) is 8.40. The first kappa shape index (κ1) is 29.3. The number of hydrogen-bond donors (Lipinski definition) is 2. The molecule has 0 saturated carbocycles. The molecule has 4 aliphatic rings. The van der Waals surface area contributed by atoms with Crippen molar-refractivity contribution in [2.75, 3.05) is 37.7 Å². The topological polar surface area (TPSA) is 73.8 Å². The molecule has 4 atom stereocenters. The molecule has 1 aromatic heterocycles. The number of nitrogens with one attached hydrogen (secondary N) is 1. The van der Waals surface area contributed by atoms with Crippen LogP contribution < -0.4 is 15.0 Å². The van der Waals surface area contributed by atoms with Crippen molar-refractivity contribution < 1.29 is 27.4 Å². The molecule has 238 valence electrons. The Morgan fingerprint density at radius 1 is 1.15 bits per heavy atom. The highest BCUT2D eigenvalue weighted by Crippen LogP contribution is 2.45. The van der Waals surface area contributed by atoms with Crippen molar-refractivity contribution in [2.45, 2.75) is 62.1 Å². The lowest BCUT2D eigenvalue weighted by atomic mass is 9.93. The van der Waals surface area contributed by atoms with Gasteiger partial charge in [-0.05, 0) is 68.8 Å². The standard InChI is InChI=1S/C35H33F4N5O2/c1-3-20-6-4-7-21-12-23(45)13-24(27(20)21)28-26(37)14-25-30(29(28)38)40-32(46-19-34-8-5-11-44(34)16-22(36)15-34)41-31(25)43-17-33(2)9-10-35(39,18-43)42-33/h1,4,6-7,12-14,22,42,45H,5,8-11,15-19H2,2H3/t22-,33-,34+,35+/m1/s1. The van der Waals surface area contributed by atoms with Crippen molar-refractivity contribution in [3.8, 4) is 35.2 Å².